The molecule has 0 aromatic rings. The standard InChI is InChI=1S/C9H15NO2.BrH/c11-7-3-9-1-4-10(5-2-9)6-8-12;/h1-2,4,11-12H,3,5-8H2;1H. The van der Waals surface area contributed by atoms with E-state index in [9.17, 15) is 0 Å². The molecule has 0 aromatic heterocycles. The minimum atomic E-state index is 0. The summed E-state index contributed by atoms with van der Waals surface area (Å²) in [6, 6.07) is 0. The van der Waals surface area contributed by atoms with E-state index < -0.39 is 0 Å². The van der Waals surface area contributed by atoms with E-state index in [2.05, 4.69) is 6.08 Å². The number of halogens is 1. The summed E-state index contributed by atoms with van der Waals surface area (Å²) in [5, 5.41) is 17.3. The average molecular weight is 250 g/mol. The number of aliphatic hydroxyl groups is 2. The number of β-amino-alcohol motifs (C(OH)–C–C–N with tert-alkyl or cyclic N) is 1. The third-order valence-electron chi connectivity index (χ3n) is 1.88. The van der Waals surface area contributed by atoms with Crippen molar-refractivity contribution in [1.29, 1.82) is 0 Å². The van der Waals surface area contributed by atoms with Crippen LogP contribution in [0, 0.1) is 0 Å². The number of rotatable bonds is 4. The SMILES string of the molecule is Br.OCCC1=CCN(CCO)C=C1. The Morgan fingerprint density at radius 3 is 2.54 bits per heavy atom. The Morgan fingerprint density at radius 1 is 1.31 bits per heavy atom. The van der Waals surface area contributed by atoms with E-state index in [0.717, 1.165) is 13.0 Å². The Labute approximate surface area is 89.1 Å². The molecule has 0 fully saturated rings. The highest BCUT2D eigenvalue weighted by atomic mass is 79.9. The van der Waals surface area contributed by atoms with Gasteiger partial charge >= 0.3 is 0 Å². The van der Waals surface area contributed by atoms with Gasteiger partial charge in [-0.1, -0.05) is 6.08 Å². The largest absolute Gasteiger partial charge is 0.396 e. The molecule has 0 bridgehead atoms. The molecule has 0 saturated carbocycles. The van der Waals surface area contributed by atoms with Gasteiger partial charge in [0, 0.05) is 19.7 Å². The van der Waals surface area contributed by atoms with Crippen molar-refractivity contribution in [3.05, 3.63) is 23.9 Å². The molecule has 0 aliphatic carbocycles. The maximum atomic E-state index is 8.66. The zero-order valence-electron chi connectivity index (χ0n) is 7.52. The lowest BCUT2D eigenvalue weighted by molar-refractivity contribution is 0.244. The average Bonchev–Trinajstić information content (AvgIpc) is 2.09. The van der Waals surface area contributed by atoms with Crippen LogP contribution in [0.2, 0.25) is 0 Å². The van der Waals surface area contributed by atoms with Crippen LogP contribution in [0.25, 0.3) is 0 Å². The van der Waals surface area contributed by atoms with Crippen molar-refractivity contribution in [2.24, 2.45) is 0 Å². The third-order valence-corrected chi connectivity index (χ3v) is 1.88. The molecule has 1 aliphatic rings. The van der Waals surface area contributed by atoms with Gasteiger partial charge in [-0.15, -0.1) is 17.0 Å². The van der Waals surface area contributed by atoms with Gasteiger partial charge in [-0.3, -0.25) is 0 Å². The molecule has 0 unspecified atom stereocenters. The lowest BCUT2D eigenvalue weighted by atomic mass is 10.1. The van der Waals surface area contributed by atoms with Crippen LogP contribution in [0.1, 0.15) is 6.42 Å². The molecule has 0 atom stereocenters. The molecule has 0 aromatic carbocycles. The summed E-state index contributed by atoms with van der Waals surface area (Å²) in [4.78, 5) is 2.03. The molecule has 1 rings (SSSR count). The third kappa shape index (κ3) is 4.45. The smallest absolute Gasteiger partial charge is 0.0606 e. The van der Waals surface area contributed by atoms with Crippen molar-refractivity contribution in [3.8, 4) is 0 Å². The van der Waals surface area contributed by atoms with Gasteiger partial charge in [0.05, 0.1) is 6.61 Å². The van der Waals surface area contributed by atoms with E-state index in [1.165, 1.54) is 5.57 Å². The Bertz CT molecular complexity index is 192. The monoisotopic (exact) mass is 249 g/mol. The van der Waals surface area contributed by atoms with Crippen molar-refractivity contribution in [3.63, 3.8) is 0 Å². The molecule has 76 valence electrons. The summed E-state index contributed by atoms with van der Waals surface area (Å²) < 4.78 is 0. The van der Waals surface area contributed by atoms with Gasteiger partial charge < -0.3 is 15.1 Å². The number of hydrogen-bond acceptors (Lipinski definition) is 3. The van der Waals surface area contributed by atoms with Crippen LogP contribution in [0.15, 0.2) is 23.9 Å². The maximum Gasteiger partial charge on any atom is 0.0606 e. The molecular formula is C9H16BrNO2. The van der Waals surface area contributed by atoms with Crippen molar-refractivity contribution in [2.45, 2.75) is 6.42 Å². The molecule has 1 heterocycles. The van der Waals surface area contributed by atoms with Crippen molar-refractivity contribution in [2.75, 3.05) is 26.3 Å². The molecule has 0 saturated heterocycles. The summed E-state index contributed by atoms with van der Waals surface area (Å²) in [5.41, 5.74) is 1.17. The van der Waals surface area contributed by atoms with Crippen molar-refractivity contribution < 1.29 is 10.2 Å². The van der Waals surface area contributed by atoms with E-state index in [4.69, 9.17) is 10.2 Å². The maximum absolute atomic E-state index is 8.66. The molecule has 4 heteroatoms. The van der Waals surface area contributed by atoms with Gasteiger partial charge in [-0.25, -0.2) is 0 Å². The van der Waals surface area contributed by atoms with Crippen LogP contribution in [-0.2, 0) is 0 Å². The number of aliphatic hydroxyl groups excluding tert-OH is 2. The van der Waals surface area contributed by atoms with Gasteiger partial charge in [0.25, 0.3) is 0 Å². The van der Waals surface area contributed by atoms with E-state index in [0.29, 0.717) is 6.54 Å². The molecule has 2 N–H and O–H groups in total. The molecule has 13 heavy (non-hydrogen) atoms. The topological polar surface area (TPSA) is 43.7 Å². The van der Waals surface area contributed by atoms with Crippen LogP contribution in [0.5, 0.6) is 0 Å². The highest BCUT2D eigenvalue weighted by Crippen LogP contribution is 2.09. The second-order valence-corrected chi connectivity index (χ2v) is 2.79. The fourth-order valence-corrected chi connectivity index (χ4v) is 1.17. The predicted molar refractivity (Wildman–Crippen MR) is 57.9 cm³/mol. The fraction of sp³-hybridized carbons (Fsp3) is 0.556. The minimum absolute atomic E-state index is 0. The normalized spacial score (nSPS) is 15.2. The summed E-state index contributed by atoms with van der Waals surface area (Å²) in [7, 11) is 0. The lowest BCUT2D eigenvalue weighted by Crippen LogP contribution is -2.23. The van der Waals surface area contributed by atoms with E-state index in [-0.39, 0.29) is 30.2 Å². The fourth-order valence-electron chi connectivity index (χ4n) is 1.17. The van der Waals surface area contributed by atoms with Crippen LogP contribution >= 0.6 is 17.0 Å². The highest BCUT2D eigenvalue weighted by molar-refractivity contribution is 8.93. The van der Waals surface area contributed by atoms with Gasteiger partial charge in [0.15, 0.2) is 0 Å². The highest BCUT2D eigenvalue weighted by Gasteiger charge is 2.02. The van der Waals surface area contributed by atoms with Gasteiger partial charge in [-0.2, -0.15) is 0 Å². The molecule has 1 aliphatic heterocycles. The first-order valence-electron chi connectivity index (χ1n) is 4.20. The van der Waals surface area contributed by atoms with E-state index in [1.807, 2.05) is 17.2 Å². The van der Waals surface area contributed by atoms with Crippen LogP contribution < -0.4 is 0 Å². The summed E-state index contributed by atoms with van der Waals surface area (Å²) in [5.74, 6) is 0. The van der Waals surface area contributed by atoms with E-state index >= 15 is 0 Å². The zero-order valence-corrected chi connectivity index (χ0v) is 9.23. The van der Waals surface area contributed by atoms with E-state index in [1.54, 1.807) is 0 Å². The van der Waals surface area contributed by atoms with Gasteiger partial charge in [0.1, 0.15) is 0 Å². The minimum Gasteiger partial charge on any atom is -0.396 e. The molecule has 3 nitrogen and oxygen atoms in total. The Balaban J connectivity index is 0.00000144. The predicted octanol–water partition coefficient (Wildman–Crippen LogP) is 0.695. The van der Waals surface area contributed by atoms with Crippen LogP contribution in [0.3, 0.4) is 0 Å². The van der Waals surface area contributed by atoms with Gasteiger partial charge in [-0.05, 0) is 24.3 Å². The zero-order chi connectivity index (χ0) is 8.81. The second kappa shape index (κ2) is 7.12. The van der Waals surface area contributed by atoms with Crippen molar-refractivity contribution >= 4 is 17.0 Å². The van der Waals surface area contributed by atoms with Crippen molar-refractivity contribution in [1.82, 2.24) is 4.90 Å². The van der Waals surface area contributed by atoms with Gasteiger partial charge in [0.2, 0.25) is 0 Å². The Kier molecular flexibility index (Phi) is 6.94. The number of hydrogen-bond donors (Lipinski definition) is 2. The summed E-state index contributed by atoms with van der Waals surface area (Å²) in [6.07, 6.45) is 6.74. The summed E-state index contributed by atoms with van der Waals surface area (Å²) in [6.45, 7) is 1.91. The first-order valence-corrected chi connectivity index (χ1v) is 4.20. The second-order valence-electron chi connectivity index (χ2n) is 2.79. The number of allylic oxidation sites excluding steroid dienone is 1. The quantitative estimate of drug-likeness (QED) is 0.771. The lowest BCUT2D eigenvalue weighted by Gasteiger charge is -2.21. The summed E-state index contributed by atoms with van der Waals surface area (Å²) >= 11 is 0. The first-order chi connectivity index (χ1) is 5.86. The first kappa shape index (κ1) is 12.7. The molecule has 0 spiro atoms. The molecule has 0 radical (unpaired) electrons. The van der Waals surface area contributed by atoms with Crippen LogP contribution in [0.4, 0.5) is 0 Å². The molecular weight excluding hydrogens is 234 g/mol. The Morgan fingerprint density at radius 2 is 2.08 bits per heavy atom. The Hall–Kier alpha value is -0.320. The molecule has 0 amide bonds. The number of nitrogens with zero attached hydrogens (tertiary/aromatic N) is 1. The van der Waals surface area contributed by atoms with Crippen LogP contribution in [-0.4, -0.2) is 41.4 Å².